The van der Waals surface area contributed by atoms with E-state index in [9.17, 15) is 0 Å². The van der Waals surface area contributed by atoms with Gasteiger partial charge in [0.2, 0.25) is 0 Å². The second-order valence-corrected chi connectivity index (χ2v) is 7.07. The summed E-state index contributed by atoms with van der Waals surface area (Å²) in [5.41, 5.74) is 3.76. The molecule has 0 aliphatic carbocycles. The lowest BCUT2D eigenvalue weighted by Crippen LogP contribution is -2.10. The summed E-state index contributed by atoms with van der Waals surface area (Å²) in [5, 5.41) is 5.07. The van der Waals surface area contributed by atoms with Gasteiger partial charge in [-0.3, -0.25) is 0 Å². The largest absolute Gasteiger partial charge is 0.377 e. The van der Waals surface area contributed by atoms with Crippen LogP contribution in [0.25, 0.3) is 32.7 Å². The van der Waals surface area contributed by atoms with Gasteiger partial charge in [0, 0.05) is 35.4 Å². The van der Waals surface area contributed by atoms with E-state index in [1.807, 2.05) is 0 Å². The van der Waals surface area contributed by atoms with Crippen LogP contribution >= 0.6 is 15.9 Å². The fraction of sp³-hybridized carbons (Fsp3) is 0.0909. The average Bonchev–Trinajstić information content (AvgIpc) is 2.61. The van der Waals surface area contributed by atoms with E-state index in [-0.39, 0.29) is 0 Å². The molecule has 0 aliphatic heterocycles. The molecule has 0 unspecified atom stereocenters. The number of fused-ring (bicyclic) bond motifs is 2. The molecular formula is C22H18BrN. The quantitative estimate of drug-likeness (QED) is 0.387. The molecular weight excluding hydrogens is 358 g/mol. The molecule has 0 aromatic heterocycles. The Morgan fingerprint density at radius 1 is 0.625 bits per heavy atom. The molecule has 0 bridgehead atoms. The number of nitrogens with zero attached hydrogens (tertiary/aromatic N) is 1. The Hall–Kier alpha value is -2.32. The summed E-state index contributed by atoms with van der Waals surface area (Å²) in [6, 6.07) is 25.9. The molecule has 0 fully saturated rings. The summed E-state index contributed by atoms with van der Waals surface area (Å²) in [4.78, 5) is 2.19. The number of rotatable bonds is 2. The molecule has 0 heterocycles. The fourth-order valence-electron chi connectivity index (χ4n) is 3.39. The lowest BCUT2D eigenvalue weighted by atomic mass is 9.92. The lowest BCUT2D eigenvalue weighted by molar-refractivity contribution is 1.14. The van der Waals surface area contributed by atoms with Crippen LogP contribution in [0.1, 0.15) is 0 Å². The van der Waals surface area contributed by atoms with Gasteiger partial charge < -0.3 is 4.90 Å². The maximum absolute atomic E-state index is 3.80. The lowest BCUT2D eigenvalue weighted by Gasteiger charge is -2.22. The molecule has 118 valence electrons. The number of anilines is 1. The van der Waals surface area contributed by atoms with Gasteiger partial charge in [0.15, 0.2) is 0 Å². The predicted octanol–water partition coefficient (Wildman–Crippen LogP) is 6.49. The minimum Gasteiger partial charge on any atom is -0.377 e. The summed E-state index contributed by atoms with van der Waals surface area (Å²) in [7, 11) is 4.21. The van der Waals surface area contributed by atoms with Crippen LogP contribution in [-0.4, -0.2) is 14.1 Å². The zero-order valence-electron chi connectivity index (χ0n) is 13.8. The van der Waals surface area contributed by atoms with Crippen molar-refractivity contribution >= 4 is 43.2 Å². The van der Waals surface area contributed by atoms with Gasteiger partial charge in [0.25, 0.3) is 0 Å². The molecule has 0 atom stereocenters. The first-order valence-corrected chi connectivity index (χ1v) is 8.83. The highest BCUT2D eigenvalue weighted by Crippen LogP contribution is 2.43. The minimum absolute atomic E-state index is 1.13. The Balaban J connectivity index is 2.21. The highest BCUT2D eigenvalue weighted by Gasteiger charge is 2.16. The Bertz CT molecular complexity index is 1050. The molecule has 0 aliphatic rings. The third-order valence-corrected chi connectivity index (χ3v) is 5.18. The van der Waals surface area contributed by atoms with E-state index in [4.69, 9.17) is 0 Å². The van der Waals surface area contributed by atoms with Gasteiger partial charge in [-0.15, -0.1) is 0 Å². The van der Waals surface area contributed by atoms with Gasteiger partial charge >= 0.3 is 0 Å². The van der Waals surface area contributed by atoms with Gasteiger partial charge in [-0.1, -0.05) is 76.6 Å². The first kappa shape index (κ1) is 15.2. The SMILES string of the molecule is CN(C)c1ccc2ccccc2c1-c1c(Br)ccc2ccccc12. The van der Waals surface area contributed by atoms with Crippen LogP contribution < -0.4 is 4.90 Å². The van der Waals surface area contributed by atoms with Gasteiger partial charge in [0.1, 0.15) is 0 Å². The predicted molar refractivity (Wildman–Crippen MR) is 109 cm³/mol. The van der Waals surface area contributed by atoms with Crippen molar-refractivity contribution < 1.29 is 0 Å². The van der Waals surface area contributed by atoms with E-state index in [0.29, 0.717) is 0 Å². The third-order valence-electron chi connectivity index (χ3n) is 4.52. The normalized spacial score (nSPS) is 11.1. The highest BCUT2D eigenvalue weighted by molar-refractivity contribution is 9.10. The average molecular weight is 376 g/mol. The van der Waals surface area contributed by atoms with Crippen molar-refractivity contribution in [2.24, 2.45) is 0 Å². The first-order chi connectivity index (χ1) is 11.7. The molecule has 1 nitrogen and oxygen atoms in total. The molecule has 0 N–H and O–H groups in total. The number of hydrogen-bond acceptors (Lipinski definition) is 1. The number of hydrogen-bond donors (Lipinski definition) is 0. The zero-order chi connectivity index (χ0) is 16.7. The van der Waals surface area contributed by atoms with Crippen molar-refractivity contribution in [2.45, 2.75) is 0 Å². The second-order valence-electron chi connectivity index (χ2n) is 6.22. The summed E-state index contributed by atoms with van der Waals surface area (Å²) in [6.07, 6.45) is 0. The van der Waals surface area contributed by atoms with Crippen LogP contribution in [0.15, 0.2) is 77.3 Å². The molecule has 24 heavy (non-hydrogen) atoms. The van der Waals surface area contributed by atoms with Crippen LogP contribution in [0.2, 0.25) is 0 Å². The molecule has 0 saturated heterocycles. The molecule has 2 heteroatoms. The number of halogens is 1. The van der Waals surface area contributed by atoms with E-state index in [1.54, 1.807) is 0 Å². The van der Waals surface area contributed by atoms with Crippen LogP contribution in [0.4, 0.5) is 5.69 Å². The summed E-state index contributed by atoms with van der Waals surface area (Å²) >= 11 is 3.80. The molecule has 0 amide bonds. The van der Waals surface area contributed by atoms with E-state index in [1.165, 1.54) is 38.4 Å². The van der Waals surface area contributed by atoms with Gasteiger partial charge in [-0.2, -0.15) is 0 Å². The molecule has 0 spiro atoms. The monoisotopic (exact) mass is 375 g/mol. The van der Waals surface area contributed by atoms with E-state index in [0.717, 1.165) is 4.47 Å². The molecule has 0 radical (unpaired) electrons. The van der Waals surface area contributed by atoms with Crippen molar-refractivity contribution in [3.8, 4) is 11.1 Å². The Morgan fingerprint density at radius 3 is 1.79 bits per heavy atom. The summed E-state index contributed by atoms with van der Waals surface area (Å²) in [5.74, 6) is 0. The van der Waals surface area contributed by atoms with Gasteiger partial charge in [-0.25, -0.2) is 0 Å². The van der Waals surface area contributed by atoms with Crippen LogP contribution in [-0.2, 0) is 0 Å². The fourth-order valence-corrected chi connectivity index (χ4v) is 3.94. The van der Waals surface area contributed by atoms with Crippen molar-refractivity contribution in [2.75, 3.05) is 19.0 Å². The Labute approximate surface area is 150 Å². The first-order valence-electron chi connectivity index (χ1n) is 8.03. The molecule has 4 aromatic carbocycles. The van der Waals surface area contributed by atoms with Gasteiger partial charge in [-0.05, 0) is 33.7 Å². The third kappa shape index (κ3) is 2.38. The molecule has 4 aromatic rings. The zero-order valence-corrected chi connectivity index (χ0v) is 15.3. The summed E-state index contributed by atoms with van der Waals surface area (Å²) < 4.78 is 1.13. The highest BCUT2D eigenvalue weighted by atomic mass is 79.9. The van der Waals surface area contributed by atoms with Gasteiger partial charge in [0.05, 0.1) is 0 Å². The van der Waals surface area contributed by atoms with Crippen LogP contribution in [0.5, 0.6) is 0 Å². The maximum atomic E-state index is 3.80. The smallest absolute Gasteiger partial charge is 0.0447 e. The number of benzene rings is 4. The van der Waals surface area contributed by atoms with Crippen molar-refractivity contribution in [3.05, 3.63) is 77.3 Å². The standard InChI is InChI=1S/C22H18BrN/c1-24(2)20-14-12-16-8-4-6-10-18(16)22(20)21-17-9-5-3-7-15(17)11-13-19(21)23/h3-14H,1-2H3. The van der Waals surface area contributed by atoms with E-state index < -0.39 is 0 Å². The summed E-state index contributed by atoms with van der Waals surface area (Å²) in [6.45, 7) is 0. The molecule has 4 rings (SSSR count). The Morgan fingerprint density at radius 2 is 1.17 bits per heavy atom. The van der Waals surface area contributed by atoms with Crippen molar-refractivity contribution in [1.82, 2.24) is 0 Å². The van der Waals surface area contributed by atoms with Crippen LogP contribution in [0, 0.1) is 0 Å². The van der Waals surface area contributed by atoms with E-state index >= 15 is 0 Å². The second kappa shape index (κ2) is 5.95. The van der Waals surface area contributed by atoms with Crippen molar-refractivity contribution in [3.63, 3.8) is 0 Å². The van der Waals surface area contributed by atoms with Crippen LogP contribution in [0.3, 0.4) is 0 Å². The Kier molecular flexibility index (Phi) is 3.78. The van der Waals surface area contributed by atoms with Crippen molar-refractivity contribution in [1.29, 1.82) is 0 Å². The topological polar surface area (TPSA) is 3.24 Å². The molecule has 0 saturated carbocycles. The van der Waals surface area contributed by atoms with E-state index in [2.05, 4.69) is 108 Å². The maximum Gasteiger partial charge on any atom is 0.0447 e. The minimum atomic E-state index is 1.13.